The van der Waals surface area contributed by atoms with Crippen molar-refractivity contribution in [2.75, 3.05) is 13.1 Å². The maximum absolute atomic E-state index is 12.7. The summed E-state index contributed by atoms with van der Waals surface area (Å²) in [7, 11) is 0. The average molecular weight is 363 g/mol. The molecular weight excluding hydrogens is 334 g/mol. The van der Waals surface area contributed by atoms with E-state index in [1.54, 1.807) is 0 Å². The van der Waals surface area contributed by atoms with Gasteiger partial charge in [0.1, 0.15) is 12.1 Å². The van der Waals surface area contributed by atoms with Crippen LogP contribution in [0.15, 0.2) is 12.2 Å². The number of carboxylic acid groups (broad SMARTS) is 1. The first-order valence-electron chi connectivity index (χ1n) is 9.86. The van der Waals surface area contributed by atoms with E-state index in [4.69, 9.17) is 4.74 Å². The van der Waals surface area contributed by atoms with E-state index in [1.807, 2.05) is 4.90 Å². The van der Waals surface area contributed by atoms with E-state index in [9.17, 15) is 19.8 Å². The molecule has 0 amide bonds. The Balaban J connectivity index is 1.55. The Labute approximate surface area is 154 Å². The quantitative estimate of drug-likeness (QED) is 0.587. The van der Waals surface area contributed by atoms with Crippen molar-refractivity contribution < 1.29 is 24.5 Å². The number of likely N-dealkylation sites (tertiary alicyclic amines) is 1. The molecule has 0 bridgehead atoms. The summed E-state index contributed by atoms with van der Waals surface area (Å²) < 4.78 is 5.85. The van der Waals surface area contributed by atoms with Crippen molar-refractivity contribution in [3.05, 3.63) is 12.2 Å². The average Bonchev–Trinajstić information content (AvgIpc) is 3.16. The molecule has 2 saturated heterocycles. The molecule has 0 aromatic carbocycles. The highest BCUT2D eigenvalue weighted by atomic mass is 16.6. The molecule has 0 radical (unpaired) electrons. The summed E-state index contributed by atoms with van der Waals surface area (Å²) in [6.45, 7) is 7.53. The number of aliphatic carboxylic acids is 1. The van der Waals surface area contributed by atoms with Crippen LogP contribution >= 0.6 is 0 Å². The zero-order valence-corrected chi connectivity index (χ0v) is 15.4. The Bertz CT molecular complexity index is 634. The molecule has 6 heteroatoms. The monoisotopic (exact) mass is 363 g/mol. The highest BCUT2D eigenvalue weighted by molar-refractivity contribution is 5.77. The van der Waals surface area contributed by atoms with Crippen molar-refractivity contribution in [2.45, 2.75) is 63.7 Å². The predicted molar refractivity (Wildman–Crippen MR) is 94.3 cm³/mol. The van der Waals surface area contributed by atoms with Gasteiger partial charge in [0.15, 0.2) is 0 Å². The Morgan fingerprint density at radius 3 is 2.88 bits per heavy atom. The van der Waals surface area contributed by atoms with Crippen molar-refractivity contribution >= 4 is 11.9 Å². The minimum absolute atomic E-state index is 0.00722. The topological polar surface area (TPSA) is 87.1 Å². The van der Waals surface area contributed by atoms with Gasteiger partial charge in [-0.3, -0.25) is 14.5 Å². The fourth-order valence-electron chi connectivity index (χ4n) is 6.07. The van der Waals surface area contributed by atoms with Gasteiger partial charge in [-0.1, -0.05) is 19.1 Å². The van der Waals surface area contributed by atoms with Crippen LogP contribution in [0, 0.1) is 23.2 Å². The van der Waals surface area contributed by atoms with E-state index in [0.717, 1.165) is 44.2 Å². The molecule has 4 rings (SSSR count). The largest absolute Gasteiger partial charge is 0.480 e. The lowest BCUT2D eigenvalue weighted by Crippen LogP contribution is -2.54. The van der Waals surface area contributed by atoms with Crippen LogP contribution in [0.25, 0.3) is 0 Å². The third-order valence-corrected chi connectivity index (χ3v) is 7.57. The third-order valence-electron chi connectivity index (χ3n) is 7.57. The molecule has 26 heavy (non-hydrogen) atoms. The molecule has 2 saturated carbocycles. The second kappa shape index (κ2) is 6.34. The molecule has 4 fully saturated rings. The van der Waals surface area contributed by atoms with Crippen molar-refractivity contribution in [2.24, 2.45) is 23.2 Å². The Morgan fingerprint density at radius 1 is 1.38 bits per heavy atom. The molecule has 6 nitrogen and oxygen atoms in total. The van der Waals surface area contributed by atoms with Gasteiger partial charge >= 0.3 is 11.9 Å². The first kappa shape index (κ1) is 18.0. The van der Waals surface area contributed by atoms with E-state index in [0.29, 0.717) is 13.0 Å². The van der Waals surface area contributed by atoms with Crippen LogP contribution in [0.5, 0.6) is 0 Å². The van der Waals surface area contributed by atoms with Crippen molar-refractivity contribution in [3.8, 4) is 0 Å². The second-order valence-corrected chi connectivity index (χ2v) is 8.90. The van der Waals surface area contributed by atoms with Crippen LogP contribution in [-0.2, 0) is 14.3 Å². The van der Waals surface area contributed by atoms with Gasteiger partial charge in [0.25, 0.3) is 0 Å². The zero-order chi connectivity index (χ0) is 18.6. The minimum atomic E-state index is -0.801. The highest BCUT2D eigenvalue weighted by Gasteiger charge is 2.60. The number of carbonyl (C=O) groups is 2. The SMILES string of the molecule is C=C1CCC(O)C2(C)CCC3C(CN4CCCC4C(=O)O)C(=O)OC3C12. The van der Waals surface area contributed by atoms with Gasteiger partial charge in [-0.15, -0.1) is 0 Å². The van der Waals surface area contributed by atoms with E-state index in [1.165, 1.54) is 0 Å². The zero-order valence-electron chi connectivity index (χ0n) is 15.4. The summed E-state index contributed by atoms with van der Waals surface area (Å²) in [5.74, 6) is -1.17. The summed E-state index contributed by atoms with van der Waals surface area (Å²) in [4.78, 5) is 26.1. The Kier molecular flexibility index (Phi) is 4.39. The molecule has 7 atom stereocenters. The summed E-state index contributed by atoms with van der Waals surface area (Å²) in [5, 5.41) is 20.0. The third kappa shape index (κ3) is 2.61. The summed E-state index contributed by atoms with van der Waals surface area (Å²) in [6, 6.07) is -0.484. The van der Waals surface area contributed by atoms with Gasteiger partial charge in [-0.2, -0.15) is 0 Å². The number of esters is 1. The normalized spacial score (nSPS) is 45.9. The Hall–Kier alpha value is -1.40. The number of aliphatic hydroxyl groups excluding tert-OH is 1. The number of nitrogens with zero attached hydrogens (tertiary/aromatic N) is 1. The molecule has 2 heterocycles. The van der Waals surface area contributed by atoms with Gasteiger partial charge in [-0.05, 0) is 45.1 Å². The molecule has 2 aliphatic heterocycles. The van der Waals surface area contributed by atoms with Gasteiger partial charge in [0, 0.05) is 23.8 Å². The molecule has 2 aliphatic carbocycles. The summed E-state index contributed by atoms with van der Waals surface area (Å²) >= 11 is 0. The van der Waals surface area contributed by atoms with Crippen molar-refractivity contribution in [1.29, 1.82) is 0 Å². The minimum Gasteiger partial charge on any atom is -0.480 e. The number of rotatable bonds is 3. The van der Waals surface area contributed by atoms with Gasteiger partial charge in [0.05, 0.1) is 12.0 Å². The predicted octanol–water partition coefficient (Wildman–Crippen LogP) is 1.82. The molecule has 2 N–H and O–H groups in total. The fraction of sp³-hybridized carbons (Fsp3) is 0.800. The van der Waals surface area contributed by atoms with Crippen LogP contribution in [0.2, 0.25) is 0 Å². The summed E-state index contributed by atoms with van der Waals surface area (Å²) in [6.07, 6.45) is 4.10. The Morgan fingerprint density at radius 2 is 2.15 bits per heavy atom. The van der Waals surface area contributed by atoms with E-state index in [2.05, 4.69) is 13.5 Å². The molecule has 0 aromatic heterocycles. The van der Waals surface area contributed by atoms with Crippen LogP contribution in [0.1, 0.15) is 45.4 Å². The maximum atomic E-state index is 12.7. The second-order valence-electron chi connectivity index (χ2n) is 8.90. The van der Waals surface area contributed by atoms with Crippen LogP contribution in [0.4, 0.5) is 0 Å². The fourth-order valence-corrected chi connectivity index (χ4v) is 6.07. The number of carboxylic acids is 1. The van der Waals surface area contributed by atoms with E-state index < -0.39 is 12.0 Å². The number of aliphatic hydroxyl groups is 1. The molecule has 4 aliphatic rings. The van der Waals surface area contributed by atoms with E-state index >= 15 is 0 Å². The molecule has 0 aromatic rings. The number of ether oxygens (including phenoxy) is 1. The van der Waals surface area contributed by atoms with Crippen LogP contribution in [0.3, 0.4) is 0 Å². The summed E-state index contributed by atoms with van der Waals surface area (Å²) in [5.41, 5.74) is 0.814. The molecule has 0 spiro atoms. The number of fused-ring (bicyclic) bond motifs is 3. The lowest BCUT2D eigenvalue weighted by Gasteiger charge is -2.53. The maximum Gasteiger partial charge on any atom is 0.320 e. The van der Waals surface area contributed by atoms with Gasteiger partial charge in [-0.25, -0.2) is 0 Å². The van der Waals surface area contributed by atoms with Gasteiger partial charge < -0.3 is 14.9 Å². The van der Waals surface area contributed by atoms with Crippen LogP contribution in [-0.4, -0.2) is 58.4 Å². The molecular formula is C20H29NO5. The smallest absolute Gasteiger partial charge is 0.320 e. The standard InChI is InChI=1S/C20H29NO5/c1-11-5-6-15(22)20(2)8-7-12-13(19(25)26-17(12)16(11)20)10-21-9-3-4-14(21)18(23)24/h12-17,22H,1,3-10H2,2H3,(H,23,24). The highest BCUT2D eigenvalue weighted by Crippen LogP contribution is 2.57. The molecule has 7 unspecified atom stereocenters. The first-order chi connectivity index (χ1) is 12.3. The first-order valence-corrected chi connectivity index (χ1v) is 9.86. The van der Waals surface area contributed by atoms with E-state index in [-0.39, 0.29) is 41.3 Å². The van der Waals surface area contributed by atoms with Crippen LogP contribution < -0.4 is 0 Å². The lowest BCUT2D eigenvalue weighted by atomic mass is 9.53. The van der Waals surface area contributed by atoms with Crippen molar-refractivity contribution in [3.63, 3.8) is 0 Å². The number of hydrogen-bond donors (Lipinski definition) is 2. The number of carbonyl (C=O) groups excluding carboxylic acids is 1. The number of hydrogen-bond acceptors (Lipinski definition) is 5. The van der Waals surface area contributed by atoms with Crippen molar-refractivity contribution in [1.82, 2.24) is 4.90 Å². The van der Waals surface area contributed by atoms with Gasteiger partial charge in [0.2, 0.25) is 0 Å². The molecule has 144 valence electrons. The lowest BCUT2D eigenvalue weighted by molar-refractivity contribution is -0.153.